The third-order valence-electron chi connectivity index (χ3n) is 3.96. The average Bonchev–Trinajstić information content (AvgIpc) is 2.46. The molecule has 0 spiro atoms. The van der Waals surface area contributed by atoms with Crippen LogP contribution < -0.4 is 4.74 Å². The van der Waals surface area contributed by atoms with Crippen molar-refractivity contribution in [1.29, 1.82) is 0 Å². The van der Waals surface area contributed by atoms with Gasteiger partial charge in [0.05, 0.1) is 5.92 Å². The van der Waals surface area contributed by atoms with E-state index in [1.54, 1.807) is 4.90 Å². The molecule has 1 fully saturated rings. The van der Waals surface area contributed by atoms with E-state index in [1.807, 2.05) is 31.2 Å². The number of β-amino-alcohol motifs (C(OH)–C–C–N with tert-alkyl or cyclic N) is 1. The number of nitrogens with zero attached hydrogens (tertiary/aromatic N) is 1. The molecule has 0 radical (unpaired) electrons. The molecule has 1 aromatic carbocycles. The van der Waals surface area contributed by atoms with Crippen LogP contribution in [0.25, 0.3) is 0 Å². The minimum absolute atomic E-state index is 0.0368. The van der Waals surface area contributed by atoms with Crippen LogP contribution in [0.2, 0.25) is 0 Å². The molecule has 6 heteroatoms. The molecule has 1 saturated heterocycles. The second-order valence-corrected chi connectivity index (χ2v) is 5.87. The Bertz CT molecular complexity index is 479. The molecule has 0 saturated carbocycles. The first kappa shape index (κ1) is 17.1. The van der Waals surface area contributed by atoms with Crippen LogP contribution in [0, 0.1) is 12.8 Å². The third-order valence-corrected chi connectivity index (χ3v) is 3.96. The molecule has 0 aliphatic carbocycles. The van der Waals surface area contributed by atoms with Crippen molar-refractivity contribution in [1.82, 2.24) is 4.90 Å². The quantitative estimate of drug-likeness (QED) is 0.906. The molecule has 22 heavy (non-hydrogen) atoms. The summed E-state index contributed by atoms with van der Waals surface area (Å²) in [6.07, 6.45) is -4.27. The highest BCUT2D eigenvalue weighted by molar-refractivity contribution is 5.31. The molecule has 124 valence electrons. The molecule has 0 aromatic heterocycles. The number of aliphatic hydroxyl groups excluding tert-OH is 1. The average molecular weight is 317 g/mol. The van der Waals surface area contributed by atoms with E-state index in [0.29, 0.717) is 18.7 Å². The molecule has 0 amide bonds. The van der Waals surface area contributed by atoms with Crippen LogP contribution in [0.1, 0.15) is 18.4 Å². The highest BCUT2D eigenvalue weighted by Crippen LogP contribution is 2.33. The first-order chi connectivity index (χ1) is 10.4. The topological polar surface area (TPSA) is 32.7 Å². The summed E-state index contributed by atoms with van der Waals surface area (Å²) in [7, 11) is 0. The summed E-state index contributed by atoms with van der Waals surface area (Å²) in [6, 6.07) is 7.44. The monoisotopic (exact) mass is 317 g/mol. The number of piperidine rings is 1. The van der Waals surface area contributed by atoms with E-state index < -0.39 is 18.2 Å². The van der Waals surface area contributed by atoms with Gasteiger partial charge in [0.1, 0.15) is 18.5 Å². The standard InChI is InChI=1S/C16H22F3NO2/c1-12-5-2-3-7-15(12)22-11-14(21)10-20-8-4-6-13(9-20)16(17,18)19/h2-3,5,7,13-14,21H,4,6,8-11H2,1H3. The van der Waals surface area contributed by atoms with Gasteiger partial charge >= 0.3 is 6.18 Å². The molecule has 1 aliphatic heterocycles. The number of halogens is 3. The zero-order chi connectivity index (χ0) is 16.2. The molecule has 1 heterocycles. The van der Waals surface area contributed by atoms with Gasteiger partial charge in [-0.05, 0) is 37.9 Å². The Morgan fingerprint density at radius 1 is 1.36 bits per heavy atom. The Morgan fingerprint density at radius 3 is 2.77 bits per heavy atom. The number of para-hydroxylation sites is 1. The molecule has 2 unspecified atom stereocenters. The maximum Gasteiger partial charge on any atom is 0.393 e. The highest BCUT2D eigenvalue weighted by Gasteiger charge is 2.41. The molecular weight excluding hydrogens is 295 g/mol. The Morgan fingerprint density at radius 2 is 2.09 bits per heavy atom. The Hall–Kier alpha value is -1.27. The number of alkyl halides is 3. The normalized spacial score (nSPS) is 21.6. The van der Waals surface area contributed by atoms with Crippen molar-refractivity contribution < 1.29 is 23.0 Å². The van der Waals surface area contributed by atoms with Gasteiger partial charge in [-0.25, -0.2) is 0 Å². The highest BCUT2D eigenvalue weighted by atomic mass is 19.4. The summed E-state index contributed by atoms with van der Waals surface area (Å²) in [5.74, 6) is -0.598. The fraction of sp³-hybridized carbons (Fsp3) is 0.625. The first-order valence-corrected chi connectivity index (χ1v) is 7.52. The van der Waals surface area contributed by atoms with E-state index in [1.165, 1.54) is 0 Å². The SMILES string of the molecule is Cc1ccccc1OCC(O)CN1CCCC(C(F)(F)F)C1. The lowest BCUT2D eigenvalue weighted by atomic mass is 9.97. The molecule has 1 N–H and O–H groups in total. The van der Waals surface area contributed by atoms with Crippen molar-refractivity contribution in [2.45, 2.75) is 32.0 Å². The second-order valence-electron chi connectivity index (χ2n) is 5.87. The van der Waals surface area contributed by atoms with Gasteiger partial charge in [-0.1, -0.05) is 18.2 Å². The fourth-order valence-electron chi connectivity index (χ4n) is 2.74. The van der Waals surface area contributed by atoms with Crippen molar-refractivity contribution in [3.05, 3.63) is 29.8 Å². The van der Waals surface area contributed by atoms with Crippen molar-refractivity contribution >= 4 is 0 Å². The van der Waals surface area contributed by atoms with Crippen LogP contribution >= 0.6 is 0 Å². The predicted molar refractivity (Wildman–Crippen MR) is 77.9 cm³/mol. The van der Waals surface area contributed by atoms with Gasteiger partial charge < -0.3 is 14.7 Å². The van der Waals surface area contributed by atoms with Crippen LogP contribution in [0.3, 0.4) is 0 Å². The van der Waals surface area contributed by atoms with Crippen molar-refractivity contribution in [2.75, 3.05) is 26.2 Å². The third kappa shape index (κ3) is 4.88. The minimum Gasteiger partial charge on any atom is -0.491 e. The molecule has 0 bridgehead atoms. The number of hydrogen-bond donors (Lipinski definition) is 1. The van der Waals surface area contributed by atoms with E-state index in [0.717, 1.165) is 5.56 Å². The summed E-state index contributed by atoms with van der Waals surface area (Å²) < 4.78 is 43.8. The first-order valence-electron chi connectivity index (χ1n) is 7.52. The van der Waals surface area contributed by atoms with E-state index in [9.17, 15) is 18.3 Å². The van der Waals surface area contributed by atoms with E-state index in [-0.39, 0.29) is 26.1 Å². The number of likely N-dealkylation sites (tertiary alicyclic amines) is 1. The summed E-state index contributed by atoms with van der Waals surface area (Å²) in [4.78, 5) is 1.67. The van der Waals surface area contributed by atoms with Crippen LogP contribution in [-0.2, 0) is 0 Å². The van der Waals surface area contributed by atoms with Gasteiger partial charge in [0.2, 0.25) is 0 Å². The van der Waals surface area contributed by atoms with Gasteiger partial charge in [0.15, 0.2) is 0 Å². The number of hydrogen-bond acceptors (Lipinski definition) is 3. The maximum absolute atomic E-state index is 12.8. The van der Waals surface area contributed by atoms with Crippen molar-refractivity contribution in [3.63, 3.8) is 0 Å². The Labute approximate surface area is 128 Å². The number of aryl methyl sites for hydroxylation is 1. The molecule has 3 nitrogen and oxygen atoms in total. The lowest BCUT2D eigenvalue weighted by molar-refractivity contribution is -0.187. The molecule has 2 atom stereocenters. The van der Waals surface area contributed by atoms with E-state index in [4.69, 9.17) is 4.74 Å². The minimum atomic E-state index is -4.15. The number of rotatable bonds is 5. The van der Waals surface area contributed by atoms with Crippen LogP contribution in [-0.4, -0.2) is 48.5 Å². The van der Waals surface area contributed by atoms with Crippen LogP contribution in [0.5, 0.6) is 5.75 Å². The summed E-state index contributed by atoms with van der Waals surface area (Å²) in [5, 5.41) is 9.99. The zero-order valence-electron chi connectivity index (χ0n) is 12.6. The van der Waals surface area contributed by atoms with E-state index in [2.05, 4.69) is 0 Å². The van der Waals surface area contributed by atoms with Crippen molar-refractivity contribution in [2.24, 2.45) is 5.92 Å². The smallest absolute Gasteiger partial charge is 0.393 e. The summed E-state index contributed by atoms with van der Waals surface area (Å²) >= 11 is 0. The zero-order valence-corrected chi connectivity index (χ0v) is 12.6. The lowest BCUT2D eigenvalue weighted by Gasteiger charge is -2.34. The number of aliphatic hydroxyl groups is 1. The van der Waals surface area contributed by atoms with Gasteiger partial charge in [0, 0.05) is 13.1 Å². The molecule has 2 rings (SSSR count). The van der Waals surface area contributed by atoms with E-state index >= 15 is 0 Å². The molecular formula is C16H22F3NO2. The lowest BCUT2D eigenvalue weighted by Crippen LogP contribution is -2.45. The fourth-order valence-corrected chi connectivity index (χ4v) is 2.74. The summed E-state index contributed by atoms with van der Waals surface area (Å²) in [6.45, 7) is 2.75. The maximum atomic E-state index is 12.8. The second kappa shape index (κ2) is 7.33. The molecule has 1 aliphatic rings. The number of benzene rings is 1. The summed E-state index contributed by atoms with van der Waals surface area (Å²) in [5.41, 5.74) is 0.963. The van der Waals surface area contributed by atoms with Gasteiger partial charge in [-0.15, -0.1) is 0 Å². The molecule has 1 aromatic rings. The Balaban J connectivity index is 1.79. The van der Waals surface area contributed by atoms with Crippen LogP contribution in [0.4, 0.5) is 13.2 Å². The van der Waals surface area contributed by atoms with Crippen molar-refractivity contribution in [3.8, 4) is 5.75 Å². The van der Waals surface area contributed by atoms with Gasteiger partial charge in [-0.3, -0.25) is 0 Å². The van der Waals surface area contributed by atoms with Gasteiger partial charge in [0.25, 0.3) is 0 Å². The van der Waals surface area contributed by atoms with Crippen LogP contribution in [0.15, 0.2) is 24.3 Å². The predicted octanol–water partition coefficient (Wildman–Crippen LogP) is 3.01. The largest absolute Gasteiger partial charge is 0.491 e. The Kier molecular flexibility index (Phi) is 5.69. The number of ether oxygens (including phenoxy) is 1. The van der Waals surface area contributed by atoms with Gasteiger partial charge in [-0.2, -0.15) is 13.2 Å².